The largest absolute Gasteiger partial charge is 0.469 e. The molecule has 20 heavy (non-hydrogen) atoms. The lowest BCUT2D eigenvalue weighted by Crippen LogP contribution is -2.33. The van der Waals surface area contributed by atoms with Crippen molar-refractivity contribution in [3.63, 3.8) is 0 Å². The van der Waals surface area contributed by atoms with Gasteiger partial charge in [0.1, 0.15) is 0 Å². The molecular formula is C16H32O4. The molecule has 0 unspecified atom stereocenters. The SMILES string of the molecule is C.CCCCCCCCCC1(CC(=O)OC)OCCO1. The molecule has 0 aromatic rings. The highest BCUT2D eigenvalue weighted by Crippen LogP contribution is 2.30. The van der Waals surface area contributed by atoms with Gasteiger partial charge in [0.15, 0.2) is 5.79 Å². The van der Waals surface area contributed by atoms with Crippen molar-refractivity contribution in [2.24, 2.45) is 0 Å². The smallest absolute Gasteiger partial charge is 0.310 e. The molecule has 0 aromatic carbocycles. The molecule has 0 aromatic heterocycles. The molecule has 1 saturated heterocycles. The third-order valence-electron chi connectivity index (χ3n) is 3.62. The van der Waals surface area contributed by atoms with Gasteiger partial charge in [-0.3, -0.25) is 4.79 Å². The third kappa shape index (κ3) is 7.25. The highest BCUT2D eigenvalue weighted by molar-refractivity contribution is 5.70. The molecule has 4 nitrogen and oxygen atoms in total. The summed E-state index contributed by atoms with van der Waals surface area (Å²) in [4.78, 5) is 11.4. The molecule has 0 spiro atoms. The van der Waals surface area contributed by atoms with Crippen LogP contribution >= 0.6 is 0 Å². The van der Waals surface area contributed by atoms with E-state index in [1.165, 1.54) is 45.6 Å². The fourth-order valence-electron chi connectivity index (χ4n) is 2.48. The molecule has 0 radical (unpaired) electrons. The quantitative estimate of drug-likeness (QED) is 0.449. The van der Waals surface area contributed by atoms with Gasteiger partial charge in [0.25, 0.3) is 0 Å². The van der Waals surface area contributed by atoms with Crippen LogP contribution in [0.15, 0.2) is 0 Å². The van der Waals surface area contributed by atoms with E-state index in [4.69, 9.17) is 14.2 Å². The molecule has 1 rings (SSSR count). The Morgan fingerprint density at radius 2 is 1.60 bits per heavy atom. The van der Waals surface area contributed by atoms with Crippen molar-refractivity contribution in [2.75, 3.05) is 20.3 Å². The van der Waals surface area contributed by atoms with Gasteiger partial charge in [-0.15, -0.1) is 0 Å². The molecule has 0 bridgehead atoms. The molecule has 1 fully saturated rings. The zero-order valence-corrected chi connectivity index (χ0v) is 12.4. The number of ether oxygens (including phenoxy) is 3. The van der Waals surface area contributed by atoms with Gasteiger partial charge in [-0.2, -0.15) is 0 Å². The summed E-state index contributed by atoms with van der Waals surface area (Å²) in [5, 5.41) is 0. The van der Waals surface area contributed by atoms with E-state index in [1.807, 2.05) is 0 Å². The van der Waals surface area contributed by atoms with Gasteiger partial charge in [0, 0.05) is 6.42 Å². The van der Waals surface area contributed by atoms with E-state index in [0.717, 1.165) is 12.8 Å². The minimum Gasteiger partial charge on any atom is -0.469 e. The number of carbonyl (C=O) groups is 1. The summed E-state index contributed by atoms with van der Waals surface area (Å²) >= 11 is 0. The van der Waals surface area contributed by atoms with Gasteiger partial charge in [0.2, 0.25) is 0 Å². The van der Waals surface area contributed by atoms with Crippen molar-refractivity contribution in [3.05, 3.63) is 0 Å². The Balaban J connectivity index is 0.00000361. The first-order chi connectivity index (χ1) is 9.22. The first kappa shape index (κ1) is 19.4. The lowest BCUT2D eigenvalue weighted by atomic mass is 10.0. The van der Waals surface area contributed by atoms with Crippen LogP contribution in [-0.4, -0.2) is 32.1 Å². The maximum Gasteiger partial charge on any atom is 0.310 e. The van der Waals surface area contributed by atoms with Gasteiger partial charge in [-0.1, -0.05) is 52.9 Å². The summed E-state index contributed by atoms with van der Waals surface area (Å²) in [7, 11) is 1.40. The van der Waals surface area contributed by atoms with Crippen molar-refractivity contribution >= 4 is 5.97 Å². The van der Waals surface area contributed by atoms with Crippen LogP contribution in [0.5, 0.6) is 0 Å². The van der Waals surface area contributed by atoms with Gasteiger partial charge in [-0.05, 0) is 6.42 Å². The monoisotopic (exact) mass is 288 g/mol. The maximum atomic E-state index is 11.4. The van der Waals surface area contributed by atoms with E-state index < -0.39 is 5.79 Å². The van der Waals surface area contributed by atoms with E-state index in [0.29, 0.717) is 13.2 Å². The van der Waals surface area contributed by atoms with Crippen LogP contribution in [0.4, 0.5) is 0 Å². The number of methoxy groups -OCH3 is 1. The molecule has 0 N–H and O–H groups in total. The van der Waals surface area contributed by atoms with E-state index in [9.17, 15) is 4.79 Å². The van der Waals surface area contributed by atoms with Gasteiger partial charge < -0.3 is 14.2 Å². The Bertz CT molecular complexity index is 247. The van der Waals surface area contributed by atoms with Crippen molar-refractivity contribution in [1.29, 1.82) is 0 Å². The van der Waals surface area contributed by atoms with Gasteiger partial charge in [0.05, 0.1) is 26.7 Å². The van der Waals surface area contributed by atoms with E-state index in [-0.39, 0.29) is 19.8 Å². The second kappa shape index (κ2) is 11.1. The van der Waals surface area contributed by atoms with E-state index >= 15 is 0 Å². The lowest BCUT2D eigenvalue weighted by Gasteiger charge is -2.26. The highest BCUT2D eigenvalue weighted by Gasteiger charge is 2.38. The fraction of sp³-hybridized carbons (Fsp3) is 0.938. The van der Waals surface area contributed by atoms with Crippen molar-refractivity contribution < 1.29 is 19.0 Å². The Labute approximate surface area is 124 Å². The summed E-state index contributed by atoms with van der Waals surface area (Å²) in [6.07, 6.45) is 9.73. The van der Waals surface area contributed by atoms with Gasteiger partial charge >= 0.3 is 5.97 Å². The number of rotatable bonds is 10. The summed E-state index contributed by atoms with van der Waals surface area (Å²) in [6.45, 7) is 3.38. The van der Waals surface area contributed by atoms with Crippen LogP contribution in [0.1, 0.15) is 72.1 Å². The lowest BCUT2D eigenvalue weighted by molar-refractivity contribution is -0.184. The first-order valence-electron chi connectivity index (χ1n) is 7.57. The molecule has 1 aliphatic rings. The third-order valence-corrected chi connectivity index (χ3v) is 3.62. The standard InChI is InChI=1S/C15H28O4.CH4/c1-3-4-5-6-7-8-9-10-15(13-14(16)17-2)18-11-12-19-15;/h3-13H2,1-2H3;1H4. The number of carbonyl (C=O) groups excluding carboxylic acids is 1. The Morgan fingerprint density at radius 1 is 1.05 bits per heavy atom. The second-order valence-corrected chi connectivity index (χ2v) is 5.23. The van der Waals surface area contributed by atoms with E-state index in [1.54, 1.807) is 0 Å². The normalized spacial score (nSPS) is 16.7. The Morgan fingerprint density at radius 3 is 2.15 bits per heavy atom. The minimum absolute atomic E-state index is 0. The fourth-order valence-corrected chi connectivity index (χ4v) is 2.48. The predicted molar refractivity (Wildman–Crippen MR) is 80.6 cm³/mol. The average molecular weight is 288 g/mol. The number of unbranched alkanes of at least 4 members (excludes halogenated alkanes) is 6. The number of hydrogen-bond acceptors (Lipinski definition) is 4. The van der Waals surface area contributed by atoms with Crippen LogP contribution in [0.2, 0.25) is 0 Å². The van der Waals surface area contributed by atoms with Crippen LogP contribution in [0.25, 0.3) is 0 Å². The van der Waals surface area contributed by atoms with Crippen LogP contribution < -0.4 is 0 Å². The van der Waals surface area contributed by atoms with E-state index in [2.05, 4.69) is 6.92 Å². The maximum absolute atomic E-state index is 11.4. The summed E-state index contributed by atoms with van der Waals surface area (Å²) in [6, 6.07) is 0. The zero-order valence-electron chi connectivity index (χ0n) is 12.4. The Kier molecular flexibility index (Phi) is 10.8. The molecule has 1 heterocycles. The summed E-state index contributed by atoms with van der Waals surface area (Å²) in [5.41, 5.74) is 0. The van der Waals surface area contributed by atoms with Gasteiger partial charge in [-0.25, -0.2) is 0 Å². The van der Waals surface area contributed by atoms with Crippen LogP contribution in [0.3, 0.4) is 0 Å². The molecule has 120 valence electrons. The summed E-state index contributed by atoms with van der Waals surface area (Å²) in [5.74, 6) is -0.971. The molecule has 1 aliphatic heterocycles. The number of esters is 1. The van der Waals surface area contributed by atoms with Crippen molar-refractivity contribution in [1.82, 2.24) is 0 Å². The molecular weight excluding hydrogens is 256 g/mol. The first-order valence-corrected chi connectivity index (χ1v) is 7.57. The zero-order chi connectivity index (χ0) is 14.0. The molecule has 0 aliphatic carbocycles. The highest BCUT2D eigenvalue weighted by atomic mass is 16.7. The van der Waals surface area contributed by atoms with Crippen LogP contribution in [0, 0.1) is 0 Å². The average Bonchev–Trinajstić information content (AvgIpc) is 2.86. The topological polar surface area (TPSA) is 44.8 Å². The van der Waals surface area contributed by atoms with Crippen molar-refractivity contribution in [2.45, 2.75) is 77.9 Å². The Hall–Kier alpha value is -0.610. The number of hydrogen-bond donors (Lipinski definition) is 0. The molecule has 0 saturated carbocycles. The molecule has 0 atom stereocenters. The second-order valence-electron chi connectivity index (χ2n) is 5.23. The predicted octanol–water partition coefficient (Wildman–Crippen LogP) is 4.07. The van der Waals surface area contributed by atoms with Crippen molar-refractivity contribution in [3.8, 4) is 0 Å². The minimum atomic E-state index is -0.712. The molecule has 4 heteroatoms. The van der Waals surface area contributed by atoms with Crippen LogP contribution in [-0.2, 0) is 19.0 Å². The summed E-state index contributed by atoms with van der Waals surface area (Å²) < 4.78 is 16.0. The molecule has 0 amide bonds.